The second-order valence-electron chi connectivity index (χ2n) is 4.45. The number of halogens is 2. The summed E-state index contributed by atoms with van der Waals surface area (Å²) in [5, 5.41) is 9.03. The van der Waals surface area contributed by atoms with Crippen LogP contribution in [-0.2, 0) is 16.0 Å². The van der Waals surface area contributed by atoms with E-state index in [0.29, 0.717) is 5.56 Å². The number of carboxylic acid groups (broad SMARTS) is 1. The molecule has 1 aromatic rings. The Bertz CT molecular complexity index is 489. The topological polar surface area (TPSA) is 80.4 Å². The number of carboxylic acids is 1. The number of hydrogen-bond acceptors (Lipinski definition) is 3. The van der Waals surface area contributed by atoms with Crippen molar-refractivity contribution in [2.45, 2.75) is 25.8 Å². The van der Waals surface area contributed by atoms with E-state index in [9.17, 15) is 18.4 Å². The van der Waals surface area contributed by atoms with Crippen LogP contribution in [0.15, 0.2) is 18.2 Å². The Balaban J connectivity index is 2.81. The van der Waals surface area contributed by atoms with Gasteiger partial charge in [-0.1, -0.05) is 6.07 Å². The quantitative estimate of drug-likeness (QED) is 0.822. The summed E-state index contributed by atoms with van der Waals surface area (Å²) in [6.45, 7) is 1.47. The molecule has 0 saturated heterocycles. The third-order valence-electron chi connectivity index (χ3n) is 2.77. The molecule has 0 aliphatic carbocycles. The predicted octanol–water partition coefficient (Wildman–Crippen LogP) is 1.51. The van der Waals surface area contributed by atoms with E-state index in [-0.39, 0.29) is 18.6 Å². The molecule has 0 radical (unpaired) electrons. The van der Waals surface area contributed by atoms with Crippen molar-refractivity contribution in [1.29, 1.82) is 0 Å². The van der Waals surface area contributed by atoms with E-state index in [1.807, 2.05) is 0 Å². The fraction of sp³-hybridized carbons (Fsp3) is 0.385. The summed E-state index contributed by atoms with van der Waals surface area (Å²) < 4.78 is 25.8. The van der Waals surface area contributed by atoms with Crippen LogP contribution in [-0.4, -0.2) is 22.9 Å². The molecule has 0 aliphatic heterocycles. The fourth-order valence-corrected chi connectivity index (χ4v) is 1.63. The van der Waals surface area contributed by atoms with Crippen LogP contribution in [0, 0.1) is 17.6 Å². The Kier molecular flexibility index (Phi) is 5.11. The maximum atomic E-state index is 13.0. The van der Waals surface area contributed by atoms with Gasteiger partial charge in [-0.2, -0.15) is 0 Å². The lowest BCUT2D eigenvalue weighted by atomic mass is 9.92. The number of benzene rings is 1. The number of rotatable bonds is 6. The molecule has 0 heterocycles. The molecule has 1 unspecified atom stereocenters. The highest BCUT2D eigenvalue weighted by Crippen LogP contribution is 2.16. The van der Waals surface area contributed by atoms with E-state index in [1.54, 1.807) is 0 Å². The second kappa shape index (κ2) is 6.38. The van der Waals surface area contributed by atoms with E-state index in [0.717, 1.165) is 12.1 Å². The molecule has 0 aromatic heterocycles. The molecule has 2 atom stereocenters. The van der Waals surface area contributed by atoms with E-state index < -0.39 is 29.6 Å². The minimum atomic E-state index is -1.17. The first kappa shape index (κ1) is 15.2. The number of carbonyl (C=O) groups is 2. The lowest BCUT2D eigenvalue weighted by Gasteiger charge is -2.13. The van der Waals surface area contributed by atoms with Gasteiger partial charge in [-0.15, -0.1) is 0 Å². The molecule has 1 rings (SSSR count). The number of nitrogens with two attached hydrogens (primary N) is 1. The maximum absolute atomic E-state index is 13.0. The fourth-order valence-electron chi connectivity index (χ4n) is 1.63. The Labute approximate surface area is 109 Å². The predicted molar refractivity (Wildman–Crippen MR) is 64.5 cm³/mol. The van der Waals surface area contributed by atoms with Gasteiger partial charge in [0.2, 0.25) is 0 Å². The summed E-state index contributed by atoms with van der Waals surface area (Å²) in [6, 6.07) is 2.41. The zero-order valence-electron chi connectivity index (χ0n) is 10.4. The highest BCUT2D eigenvalue weighted by Gasteiger charge is 2.23. The standard InChI is InChI=1S/C13H15F2NO3/c1-7(16)12(17)6-9(13(18)19)4-8-2-3-10(14)11(15)5-8/h2-3,5,7,9H,4,6,16H2,1H3,(H,18,19)/t7-,9?/m0/s1. The monoisotopic (exact) mass is 271 g/mol. The first-order valence-corrected chi connectivity index (χ1v) is 5.76. The van der Waals surface area contributed by atoms with Crippen LogP contribution in [0.25, 0.3) is 0 Å². The van der Waals surface area contributed by atoms with E-state index in [2.05, 4.69) is 0 Å². The normalized spacial score (nSPS) is 13.9. The zero-order valence-corrected chi connectivity index (χ0v) is 10.4. The van der Waals surface area contributed by atoms with E-state index in [4.69, 9.17) is 10.8 Å². The van der Waals surface area contributed by atoms with Gasteiger partial charge in [0, 0.05) is 6.42 Å². The number of Topliss-reactive ketones (excluding diaryl/α,β-unsaturated/α-hetero) is 1. The van der Waals surface area contributed by atoms with Crippen LogP contribution in [0.3, 0.4) is 0 Å². The SMILES string of the molecule is C[C@H](N)C(=O)CC(Cc1ccc(F)c(F)c1)C(=O)O. The van der Waals surface area contributed by atoms with Gasteiger partial charge in [0.15, 0.2) is 11.6 Å². The molecule has 6 heteroatoms. The summed E-state index contributed by atoms with van der Waals surface area (Å²) in [6.07, 6.45) is -0.281. The van der Waals surface area contributed by atoms with Gasteiger partial charge in [-0.3, -0.25) is 9.59 Å². The third-order valence-corrected chi connectivity index (χ3v) is 2.77. The van der Waals surface area contributed by atoms with Gasteiger partial charge in [0.1, 0.15) is 5.78 Å². The molecule has 0 saturated carbocycles. The van der Waals surface area contributed by atoms with Gasteiger partial charge in [-0.05, 0) is 31.0 Å². The lowest BCUT2D eigenvalue weighted by molar-refractivity contribution is -0.143. The molecule has 0 bridgehead atoms. The Morgan fingerprint density at radius 3 is 2.42 bits per heavy atom. The van der Waals surface area contributed by atoms with Crippen molar-refractivity contribution in [1.82, 2.24) is 0 Å². The average molecular weight is 271 g/mol. The Morgan fingerprint density at radius 2 is 1.95 bits per heavy atom. The minimum Gasteiger partial charge on any atom is -0.481 e. The van der Waals surface area contributed by atoms with Crippen molar-refractivity contribution in [3.8, 4) is 0 Å². The summed E-state index contributed by atoms with van der Waals surface area (Å²) in [7, 11) is 0. The van der Waals surface area contributed by atoms with Gasteiger partial charge in [0.05, 0.1) is 12.0 Å². The minimum absolute atomic E-state index is 0.0506. The van der Waals surface area contributed by atoms with Crippen LogP contribution >= 0.6 is 0 Å². The van der Waals surface area contributed by atoms with Crippen LogP contribution < -0.4 is 5.73 Å². The largest absolute Gasteiger partial charge is 0.481 e. The van der Waals surface area contributed by atoms with Crippen molar-refractivity contribution >= 4 is 11.8 Å². The van der Waals surface area contributed by atoms with Crippen LogP contribution in [0.1, 0.15) is 18.9 Å². The first-order chi connectivity index (χ1) is 8.81. The van der Waals surface area contributed by atoms with Crippen LogP contribution in [0.4, 0.5) is 8.78 Å². The lowest BCUT2D eigenvalue weighted by Crippen LogP contribution is -2.31. The van der Waals surface area contributed by atoms with Crippen LogP contribution in [0.5, 0.6) is 0 Å². The van der Waals surface area contributed by atoms with Gasteiger partial charge >= 0.3 is 5.97 Å². The summed E-state index contributed by atoms with van der Waals surface area (Å²) in [4.78, 5) is 22.5. The number of ketones is 1. The molecular formula is C13H15F2NO3. The highest BCUT2D eigenvalue weighted by atomic mass is 19.2. The molecule has 104 valence electrons. The molecule has 1 aromatic carbocycles. The van der Waals surface area contributed by atoms with E-state index in [1.165, 1.54) is 13.0 Å². The van der Waals surface area contributed by atoms with Gasteiger partial charge in [0.25, 0.3) is 0 Å². The number of aliphatic carboxylic acids is 1. The Morgan fingerprint density at radius 1 is 1.32 bits per heavy atom. The van der Waals surface area contributed by atoms with Crippen molar-refractivity contribution in [3.63, 3.8) is 0 Å². The molecule has 0 amide bonds. The number of hydrogen-bond donors (Lipinski definition) is 2. The molecule has 0 aliphatic rings. The van der Waals surface area contributed by atoms with Crippen molar-refractivity contribution in [2.24, 2.45) is 11.7 Å². The summed E-state index contributed by atoms with van der Waals surface area (Å²) >= 11 is 0. The zero-order chi connectivity index (χ0) is 14.6. The van der Waals surface area contributed by atoms with Gasteiger partial charge < -0.3 is 10.8 Å². The van der Waals surface area contributed by atoms with Gasteiger partial charge in [-0.25, -0.2) is 8.78 Å². The smallest absolute Gasteiger partial charge is 0.307 e. The molecule has 19 heavy (non-hydrogen) atoms. The van der Waals surface area contributed by atoms with Crippen molar-refractivity contribution < 1.29 is 23.5 Å². The third kappa shape index (κ3) is 4.40. The molecule has 4 nitrogen and oxygen atoms in total. The molecule has 0 fully saturated rings. The summed E-state index contributed by atoms with van der Waals surface area (Å²) in [5.41, 5.74) is 5.69. The maximum Gasteiger partial charge on any atom is 0.307 e. The van der Waals surface area contributed by atoms with Crippen LogP contribution in [0.2, 0.25) is 0 Å². The van der Waals surface area contributed by atoms with Crippen molar-refractivity contribution in [2.75, 3.05) is 0 Å². The molecule has 3 N–H and O–H groups in total. The van der Waals surface area contributed by atoms with Crippen molar-refractivity contribution in [3.05, 3.63) is 35.4 Å². The summed E-state index contributed by atoms with van der Waals surface area (Å²) in [5.74, 6) is -4.58. The molecule has 0 spiro atoms. The van der Waals surface area contributed by atoms with E-state index >= 15 is 0 Å². The Hall–Kier alpha value is -1.82. The highest BCUT2D eigenvalue weighted by molar-refractivity contribution is 5.87. The second-order valence-corrected chi connectivity index (χ2v) is 4.45. The first-order valence-electron chi connectivity index (χ1n) is 5.76. The number of carbonyl (C=O) groups excluding carboxylic acids is 1. The average Bonchev–Trinajstić information content (AvgIpc) is 2.32. The molecular weight excluding hydrogens is 256 g/mol.